The molecule has 0 aliphatic rings. The number of hydrogen-bond donors (Lipinski definition) is 0. The van der Waals surface area contributed by atoms with Crippen molar-refractivity contribution in [3.63, 3.8) is 0 Å². The molecule has 210 valence electrons. The maximum absolute atomic E-state index is 9.42. The molecule has 0 saturated heterocycles. The molecule has 0 aliphatic heterocycles. The van der Waals surface area contributed by atoms with E-state index in [0.29, 0.717) is 5.56 Å². The molecule has 0 radical (unpaired) electrons. The lowest BCUT2D eigenvalue weighted by Crippen LogP contribution is -1.90. The highest BCUT2D eigenvalue weighted by molar-refractivity contribution is 6.21. The molecular formula is C44H28O. The maximum Gasteiger partial charge on any atom is 0.135 e. The molecule has 0 amide bonds. The summed E-state index contributed by atoms with van der Waals surface area (Å²) in [6.45, 7) is 0. The molecule has 9 aromatic rings. The van der Waals surface area contributed by atoms with Gasteiger partial charge in [-0.2, -0.15) is 0 Å². The highest BCUT2D eigenvalue weighted by atomic mass is 16.3. The van der Waals surface area contributed by atoms with E-state index in [9.17, 15) is 2.74 Å². The second kappa shape index (κ2) is 10.4. The van der Waals surface area contributed by atoms with Gasteiger partial charge in [-0.3, -0.25) is 0 Å². The molecule has 0 unspecified atom stereocenters. The Hall–Kier alpha value is -5.92. The van der Waals surface area contributed by atoms with E-state index in [1.165, 1.54) is 0 Å². The van der Waals surface area contributed by atoms with Crippen molar-refractivity contribution in [2.45, 2.75) is 0 Å². The van der Waals surface area contributed by atoms with E-state index >= 15 is 0 Å². The number of hydrogen-bond acceptors (Lipinski definition) is 1. The third kappa shape index (κ3) is 4.24. The van der Waals surface area contributed by atoms with Crippen LogP contribution in [0, 0.1) is 0 Å². The van der Waals surface area contributed by atoms with Crippen LogP contribution in [0.2, 0.25) is 0 Å². The van der Waals surface area contributed by atoms with Crippen LogP contribution in [0.5, 0.6) is 0 Å². The molecule has 0 atom stereocenters. The molecule has 45 heavy (non-hydrogen) atoms. The first-order valence-corrected chi connectivity index (χ1v) is 14.5. The average molecular weight is 584 g/mol. The summed E-state index contributed by atoms with van der Waals surface area (Å²) in [7, 11) is 0. The molecule has 0 N–H and O–H groups in total. The smallest absolute Gasteiger partial charge is 0.135 e. The number of fused-ring (bicyclic) bond motifs is 5. The molecule has 0 bridgehead atoms. The summed E-state index contributed by atoms with van der Waals surface area (Å²) in [5, 5.41) is 4.13. The Bertz CT molecular complexity index is 3050. The van der Waals surface area contributed by atoms with Crippen LogP contribution in [0.1, 0.15) is 15.1 Å². The van der Waals surface area contributed by atoms with Crippen molar-refractivity contribution in [1.29, 1.82) is 0 Å². The predicted octanol–water partition coefficient (Wildman–Crippen LogP) is 12.6. The fourth-order valence-electron chi connectivity index (χ4n) is 6.20. The molecule has 0 spiro atoms. The summed E-state index contributed by atoms with van der Waals surface area (Å²) in [6, 6.07) is 28.5. The Morgan fingerprint density at radius 1 is 0.333 bits per heavy atom. The van der Waals surface area contributed by atoms with Gasteiger partial charge >= 0.3 is 0 Å². The van der Waals surface area contributed by atoms with Crippen LogP contribution in [0.25, 0.3) is 88.0 Å². The zero-order valence-corrected chi connectivity index (χ0v) is 23.7. The summed E-state index contributed by atoms with van der Waals surface area (Å²) < 4.78 is 101. The van der Waals surface area contributed by atoms with Gasteiger partial charge in [0.25, 0.3) is 0 Å². The van der Waals surface area contributed by atoms with Crippen LogP contribution in [-0.4, -0.2) is 0 Å². The van der Waals surface area contributed by atoms with Gasteiger partial charge in [-0.25, -0.2) is 0 Å². The Kier molecular flexibility index (Phi) is 3.87. The lowest BCUT2D eigenvalue weighted by molar-refractivity contribution is 0.669. The quantitative estimate of drug-likeness (QED) is 0.188. The molecule has 0 aliphatic carbocycles. The second-order valence-corrected chi connectivity index (χ2v) is 10.8. The lowest BCUT2D eigenvalue weighted by Gasteiger charge is -2.18. The third-order valence-corrected chi connectivity index (χ3v) is 8.22. The van der Waals surface area contributed by atoms with Gasteiger partial charge in [0.2, 0.25) is 0 Å². The first-order valence-electron chi connectivity index (χ1n) is 20.0. The minimum Gasteiger partial charge on any atom is -0.456 e. The standard InChI is InChI=1S/C44H28O/c1-3-11-29(12-4-1)33-23-25-41-39(27-33)40-28-34(24-26-42(40)45-41)30-19-21-32(22-20-30)44-37-17-9-7-15-35(37)43(31-13-5-2-6-14-31)36-16-8-10-18-38(36)44/h1-28H/i1D,3D,4D,11D,12D,23D,24D,25D,26D,27D,28D. The van der Waals surface area contributed by atoms with Gasteiger partial charge in [-0.1, -0.05) is 145 Å². The molecule has 9 rings (SSSR count). The van der Waals surface area contributed by atoms with Gasteiger partial charge in [-0.15, -0.1) is 0 Å². The molecule has 0 saturated carbocycles. The van der Waals surface area contributed by atoms with E-state index in [4.69, 9.17) is 16.8 Å². The maximum atomic E-state index is 9.42. The van der Waals surface area contributed by atoms with Crippen LogP contribution in [0.15, 0.2) is 174 Å². The highest BCUT2D eigenvalue weighted by Crippen LogP contribution is 2.44. The summed E-state index contributed by atoms with van der Waals surface area (Å²) >= 11 is 0. The molecule has 8 aromatic carbocycles. The third-order valence-electron chi connectivity index (χ3n) is 8.22. The summed E-state index contributed by atoms with van der Waals surface area (Å²) in [4.78, 5) is 0. The Morgan fingerprint density at radius 3 is 1.31 bits per heavy atom. The number of rotatable bonds is 4. The number of benzene rings is 8. The Morgan fingerprint density at radius 2 is 0.778 bits per heavy atom. The fourth-order valence-corrected chi connectivity index (χ4v) is 6.20. The van der Waals surface area contributed by atoms with Crippen molar-refractivity contribution in [2.24, 2.45) is 0 Å². The first-order chi connectivity index (χ1) is 26.9. The predicted molar refractivity (Wildman–Crippen MR) is 190 cm³/mol. The minimum absolute atomic E-state index is 0.0410. The van der Waals surface area contributed by atoms with Crippen molar-refractivity contribution in [3.8, 4) is 44.5 Å². The van der Waals surface area contributed by atoms with Gasteiger partial charge in [0.05, 0.1) is 15.1 Å². The lowest BCUT2D eigenvalue weighted by atomic mass is 9.86. The largest absolute Gasteiger partial charge is 0.456 e. The normalized spacial score (nSPS) is 15.0. The van der Waals surface area contributed by atoms with Crippen molar-refractivity contribution >= 4 is 43.5 Å². The summed E-state index contributed by atoms with van der Waals surface area (Å²) in [6.07, 6.45) is 0. The van der Waals surface area contributed by atoms with Crippen molar-refractivity contribution in [3.05, 3.63) is 170 Å². The van der Waals surface area contributed by atoms with Gasteiger partial charge in [0, 0.05) is 10.8 Å². The Balaban J connectivity index is 1.27. The van der Waals surface area contributed by atoms with E-state index < -0.39 is 53.9 Å². The van der Waals surface area contributed by atoms with Gasteiger partial charge < -0.3 is 4.42 Å². The van der Waals surface area contributed by atoms with Crippen molar-refractivity contribution < 1.29 is 19.5 Å². The van der Waals surface area contributed by atoms with E-state index in [0.717, 1.165) is 43.8 Å². The van der Waals surface area contributed by atoms with Crippen molar-refractivity contribution in [1.82, 2.24) is 0 Å². The molecule has 1 nitrogen and oxygen atoms in total. The number of furan rings is 1. The van der Waals surface area contributed by atoms with E-state index in [-0.39, 0.29) is 51.2 Å². The van der Waals surface area contributed by atoms with Crippen LogP contribution < -0.4 is 0 Å². The first kappa shape index (κ1) is 16.8. The zero-order chi connectivity index (χ0) is 39.3. The average Bonchev–Trinajstić information content (AvgIpc) is 3.63. The van der Waals surface area contributed by atoms with Crippen molar-refractivity contribution in [2.75, 3.05) is 0 Å². The van der Waals surface area contributed by atoms with Crippen LogP contribution in [0.4, 0.5) is 0 Å². The summed E-state index contributed by atoms with van der Waals surface area (Å²) in [5.74, 6) is 0. The van der Waals surface area contributed by atoms with Gasteiger partial charge in [-0.05, 0) is 90.2 Å². The van der Waals surface area contributed by atoms with Gasteiger partial charge in [0.1, 0.15) is 11.2 Å². The van der Waals surface area contributed by atoms with E-state index in [1.54, 1.807) is 12.1 Å². The minimum atomic E-state index is -0.657. The molecule has 1 heterocycles. The topological polar surface area (TPSA) is 13.1 Å². The molecule has 1 aromatic heterocycles. The summed E-state index contributed by atoms with van der Waals surface area (Å²) in [5.41, 5.74) is 3.43. The highest BCUT2D eigenvalue weighted by Gasteiger charge is 2.16. The zero-order valence-electron chi connectivity index (χ0n) is 34.7. The molecule has 1 heteroatoms. The molecular weight excluding hydrogens is 544 g/mol. The van der Waals surface area contributed by atoms with Gasteiger partial charge in [0.15, 0.2) is 0 Å². The van der Waals surface area contributed by atoms with Crippen LogP contribution >= 0.6 is 0 Å². The SMILES string of the molecule is [2H]c1c([2H])c([2H])c(-c2c([2H])c([2H])c3oc4c([2H])c([2H])c(-c5ccc(-c6c7ccccc7c(-c7ccccc7)c7ccccc67)cc5)c([2H])c4c3c2[2H])c([2H])c1[2H]. The fraction of sp³-hybridized carbons (Fsp3) is 0. The monoisotopic (exact) mass is 583 g/mol. The van der Waals surface area contributed by atoms with E-state index in [1.807, 2.05) is 54.6 Å². The second-order valence-electron chi connectivity index (χ2n) is 10.8. The molecule has 0 fully saturated rings. The van der Waals surface area contributed by atoms with E-state index in [2.05, 4.69) is 36.4 Å². The van der Waals surface area contributed by atoms with Crippen LogP contribution in [0.3, 0.4) is 0 Å². The Labute approximate surface area is 277 Å². The van der Waals surface area contributed by atoms with Crippen LogP contribution in [-0.2, 0) is 0 Å².